The van der Waals surface area contributed by atoms with Crippen molar-refractivity contribution in [3.05, 3.63) is 24.0 Å². The van der Waals surface area contributed by atoms with Gasteiger partial charge < -0.3 is 5.43 Å². The lowest BCUT2D eigenvalue weighted by molar-refractivity contribution is 0.275. The van der Waals surface area contributed by atoms with Crippen LogP contribution in [-0.2, 0) is 6.54 Å². The molecule has 4 nitrogen and oxygen atoms in total. The van der Waals surface area contributed by atoms with Gasteiger partial charge >= 0.3 is 0 Å². The van der Waals surface area contributed by atoms with Crippen LogP contribution in [0.1, 0.15) is 12.6 Å². The van der Waals surface area contributed by atoms with Crippen LogP contribution >= 0.6 is 11.8 Å². The lowest BCUT2D eigenvalue weighted by Crippen LogP contribution is -2.36. The first-order valence-electron chi connectivity index (χ1n) is 5.53. The highest BCUT2D eigenvalue weighted by Crippen LogP contribution is 2.19. The van der Waals surface area contributed by atoms with Gasteiger partial charge in [0.2, 0.25) is 0 Å². The molecule has 16 heavy (non-hydrogen) atoms. The third kappa shape index (κ3) is 3.10. The van der Waals surface area contributed by atoms with E-state index in [9.17, 15) is 0 Å². The molecule has 1 aromatic rings. The second-order valence-corrected chi connectivity index (χ2v) is 5.64. The maximum atomic E-state index is 5.38. The summed E-state index contributed by atoms with van der Waals surface area (Å²) in [5.74, 6) is 6.60. The molecule has 0 aromatic carbocycles. The maximum Gasteiger partial charge on any atom is 0.0564 e. The van der Waals surface area contributed by atoms with E-state index in [1.54, 1.807) is 6.20 Å². The lowest BCUT2D eigenvalue weighted by Gasteiger charge is -2.30. The van der Waals surface area contributed by atoms with Gasteiger partial charge in [0.25, 0.3) is 0 Å². The summed E-state index contributed by atoms with van der Waals surface area (Å²) in [6.45, 7) is 5.49. The van der Waals surface area contributed by atoms with Crippen LogP contribution in [0.3, 0.4) is 0 Å². The fraction of sp³-hybridized carbons (Fsp3) is 0.545. The van der Waals surface area contributed by atoms with Crippen molar-refractivity contribution in [1.29, 1.82) is 0 Å². The largest absolute Gasteiger partial charge is 0.324 e. The number of pyridine rings is 1. The van der Waals surface area contributed by atoms with Crippen molar-refractivity contribution in [2.24, 2.45) is 5.84 Å². The summed E-state index contributed by atoms with van der Waals surface area (Å²) < 4.78 is 0. The summed E-state index contributed by atoms with van der Waals surface area (Å²) in [4.78, 5) is 6.81. The summed E-state index contributed by atoms with van der Waals surface area (Å²) in [6.07, 6.45) is 1.80. The van der Waals surface area contributed by atoms with E-state index >= 15 is 0 Å². The Balaban J connectivity index is 1.97. The standard InChI is InChI=1S/C11H18N4S/c1-9-7-15(4-5-16-9)8-11-6-10(14-12)2-3-13-11/h2-3,6,9H,4-5,7-8,12H2,1H3,(H,13,14). The van der Waals surface area contributed by atoms with Crippen molar-refractivity contribution in [2.45, 2.75) is 18.7 Å². The molecule has 2 heterocycles. The number of hydrogen-bond acceptors (Lipinski definition) is 5. The fourth-order valence-corrected chi connectivity index (χ4v) is 3.00. The Kier molecular flexibility index (Phi) is 4.04. The quantitative estimate of drug-likeness (QED) is 0.614. The molecule has 1 aliphatic heterocycles. The lowest BCUT2D eigenvalue weighted by atomic mass is 10.3. The highest BCUT2D eigenvalue weighted by Gasteiger charge is 2.16. The maximum absolute atomic E-state index is 5.38. The second kappa shape index (κ2) is 5.52. The number of rotatable bonds is 3. The van der Waals surface area contributed by atoms with Crippen molar-refractivity contribution in [2.75, 3.05) is 24.3 Å². The molecular formula is C11H18N4S. The third-order valence-electron chi connectivity index (χ3n) is 2.69. The van der Waals surface area contributed by atoms with Crippen LogP contribution in [0.5, 0.6) is 0 Å². The molecule has 0 saturated carbocycles. The van der Waals surface area contributed by atoms with E-state index in [0.29, 0.717) is 0 Å². The molecule has 0 spiro atoms. The van der Waals surface area contributed by atoms with Crippen LogP contribution in [0.25, 0.3) is 0 Å². The van der Waals surface area contributed by atoms with Gasteiger partial charge in [0, 0.05) is 36.8 Å². The number of anilines is 1. The molecule has 88 valence electrons. The first-order chi connectivity index (χ1) is 7.78. The molecule has 3 N–H and O–H groups in total. The number of nitrogens with one attached hydrogen (secondary N) is 1. The second-order valence-electron chi connectivity index (χ2n) is 4.10. The smallest absolute Gasteiger partial charge is 0.0564 e. The van der Waals surface area contributed by atoms with Crippen molar-refractivity contribution >= 4 is 17.4 Å². The van der Waals surface area contributed by atoms with E-state index in [1.165, 1.54) is 5.75 Å². The van der Waals surface area contributed by atoms with E-state index in [4.69, 9.17) is 5.84 Å². The van der Waals surface area contributed by atoms with Crippen LogP contribution in [0.4, 0.5) is 5.69 Å². The number of nitrogens with zero attached hydrogens (tertiary/aromatic N) is 2. The molecular weight excluding hydrogens is 220 g/mol. The van der Waals surface area contributed by atoms with Gasteiger partial charge in [-0.3, -0.25) is 15.7 Å². The molecule has 0 bridgehead atoms. The van der Waals surface area contributed by atoms with Gasteiger partial charge in [0.15, 0.2) is 0 Å². The van der Waals surface area contributed by atoms with Crippen molar-refractivity contribution in [3.8, 4) is 0 Å². The summed E-state index contributed by atoms with van der Waals surface area (Å²) in [5, 5.41) is 0.726. The van der Waals surface area contributed by atoms with E-state index in [0.717, 1.165) is 36.3 Å². The molecule has 1 atom stereocenters. The van der Waals surface area contributed by atoms with Gasteiger partial charge in [-0.15, -0.1) is 0 Å². The number of hydrazine groups is 1. The molecule has 1 unspecified atom stereocenters. The Hall–Kier alpha value is -0.780. The molecule has 0 aliphatic carbocycles. The predicted molar refractivity (Wildman–Crippen MR) is 69.2 cm³/mol. The number of hydrogen-bond donors (Lipinski definition) is 2. The number of nitrogens with two attached hydrogens (primary N) is 1. The van der Waals surface area contributed by atoms with Gasteiger partial charge in [-0.05, 0) is 12.1 Å². The summed E-state index contributed by atoms with van der Waals surface area (Å²) in [6, 6.07) is 3.88. The molecule has 0 amide bonds. The fourth-order valence-electron chi connectivity index (χ4n) is 1.92. The average molecular weight is 238 g/mol. The van der Waals surface area contributed by atoms with Gasteiger partial charge in [0.05, 0.1) is 11.4 Å². The minimum absolute atomic E-state index is 0.726. The van der Waals surface area contributed by atoms with E-state index in [2.05, 4.69) is 22.2 Å². The Labute approximate surface area is 101 Å². The summed E-state index contributed by atoms with van der Waals surface area (Å²) in [5.41, 5.74) is 4.65. The monoisotopic (exact) mass is 238 g/mol. The van der Waals surface area contributed by atoms with Crippen LogP contribution in [0, 0.1) is 0 Å². The minimum Gasteiger partial charge on any atom is -0.324 e. The first kappa shape index (κ1) is 11.7. The zero-order valence-electron chi connectivity index (χ0n) is 9.52. The molecule has 1 saturated heterocycles. The molecule has 1 aliphatic rings. The number of aromatic nitrogens is 1. The van der Waals surface area contributed by atoms with E-state index < -0.39 is 0 Å². The van der Waals surface area contributed by atoms with Crippen molar-refractivity contribution in [3.63, 3.8) is 0 Å². The van der Waals surface area contributed by atoms with Crippen molar-refractivity contribution < 1.29 is 0 Å². The normalized spacial score (nSPS) is 22.0. The van der Waals surface area contributed by atoms with E-state index in [1.807, 2.05) is 23.9 Å². The first-order valence-corrected chi connectivity index (χ1v) is 6.58. The Bertz CT molecular complexity index is 345. The highest BCUT2D eigenvalue weighted by atomic mass is 32.2. The average Bonchev–Trinajstić information content (AvgIpc) is 2.29. The van der Waals surface area contributed by atoms with E-state index in [-0.39, 0.29) is 0 Å². The summed E-state index contributed by atoms with van der Waals surface area (Å²) in [7, 11) is 0. The number of nitrogen functional groups attached to an aromatic ring is 1. The molecule has 0 radical (unpaired) electrons. The Morgan fingerprint density at radius 3 is 3.31 bits per heavy atom. The van der Waals surface area contributed by atoms with Crippen molar-refractivity contribution in [1.82, 2.24) is 9.88 Å². The van der Waals surface area contributed by atoms with Crippen LogP contribution in [0.15, 0.2) is 18.3 Å². The Morgan fingerprint density at radius 2 is 2.56 bits per heavy atom. The van der Waals surface area contributed by atoms with Crippen LogP contribution in [0.2, 0.25) is 0 Å². The van der Waals surface area contributed by atoms with Gasteiger partial charge in [-0.2, -0.15) is 11.8 Å². The Morgan fingerprint density at radius 1 is 1.69 bits per heavy atom. The molecule has 2 rings (SSSR count). The van der Waals surface area contributed by atoms with Crippen LogP contribution in [-0.4, -0.2) is 34.0 Å². The predicted octanol–water partition coefficient (Wildman–Crippen LogP) is 1.30. The molecule has 1 fully saturated rings. The van der Waals surface area contributed by atoms with Gasteiger partial charge in [-0.25, -0.2) is 0 Å². The molecule has 1 aromatic heterocycles. The zero-order valence-corrected chi connectivity index (χ0v) is 10.3. The zero-order chi connectivity index (χ0) is 11.4. The van der Waals surface area contributed by atoms with Gasteiger partial charge in [-0.1, -0.05) is 6.92 Å². The van der Waals surface area contributed by atoms with Gasteiger partial charge in [0.1, 0.15) is 0 Å². The summed E-state index contributed by atoms with van der Waals surface area (Å²) >= 11 is 2.05. The minimum atomic E-state index is 0.726. The number of thioether (sulfide) groups is 1. The topological polar surface area (TPSA) is 54.2 Å². The van der Waals surface area contributed by atoms with Crippen LogP contribution < -0.4 is 11.3 Å². The highest BCUT2D eigenvalue weighted by molar-refractivity contribution is 7.99. The molecule has 5 heteroatoms. The third-order valence-corrected chi connectivity index (χ3v) is 3.83. The SMILES string of the molecule is CC1CN(Cc2cc(NN)ccn2)CCS1.